The maximum absolute atomic E-state index is 11.0. The summed E-state index contributed by atoms with van der Waals surface area (Å²) in [6, 6.07) is 6.05. The molecule has 0 aliphatic heterocycles. The van der Waals surface area contributed by atoms with E-state index in [4.69, 9.17) is 14.0 Å². The highest BCUT2D eigenvalue weighted by Gasteiger charge is 2.13. The maximum Gasteiger partial charge on any atom is 0.271 e. The van der Waals surface area contributed by atoms with Crippen molar-refractivity contribution in [2.45, 2.75) is 6.54 Å². The molecule has 0 aliphatic rings. The molecule has 0 spiro atoms. The van der Waals surface area contributed by atoms with Crippen LogP contribution in [0.15, 0.2) is 45.7 Å². The summed E-state index contributed by atoms with van der Waals surface area (Å²) in [7, 11) is 0. The van der Waals surface area contributed by atoms with E-state index in [0.29, 0.717) is 35.2 Å². The minimum atomic E-state index is -0.480. The lowest BCUT2D eigenvalue weighted by molar-refractivity contribution is -0.384. The molecule has 130 valence electrons. The summed E-state index contributed by atoms with van der Waals surface area (Å²) in [4.78, 5) is 14.7. The second kappa shape index (κ2) is 7.45. The van der Waals surface area contributed by atoms with Crippen LogP contribution in [0.1, 0.15) is 5.82 Å². The standard InChI is InChI=1S/C15H15N5O5/c21-5-4-16-12-2-1-11(20(22)23)7-13(12)17-8-14-18-15(25-19-14)10-3-6-24-9-10/h1-3,6-7,9,16-17,21H,4-5,8H2. The second-order valence-corrected chi connectivity index (χ2v) is 5.02. The number of nitro benzene ring substituents is 1. The number of nitro groups is 1. The van der Waals surface area contributed by atoms with Gasteiger partial charge in [-0.15, -0.1) is 0 Å². The Balaban J connectivity index is 1.74. The van der Waals surface area contributed by atoms with Crippen LogP contribution in [0.25, 0.3) is 11.5 Å². The van der Waals surface area contributed by atoms with Gasteiger partial charge in [0.05, 0.1) is 41.3 Å². The molecule has 0 aliphatic carbocycles. The van der Waals surface area contributed by atoms with Crippen LogP contribution >= 0.6 is 0 Å². The van der Waals surface area contributed by atoms with Crippen molar-refractivity contribution >= 4 is 17.1 Å². The molecule has 0 saturated carbocycles. The van der Waals surface area contributed by atoms with Gasteiger partial charge < -0.3 is 24.7 Å². The summed E-state index contributed by atoms with van der Waals surface area (Å²) < 4.78 is 10.1. The minimum absolute atomic E-state index is 0.0516. The molecule has 0 amide bonds. The fourth-order valence-corrected chi connectivity index (χ4v) is 2.14. The van der Waals surface area contributed by atoms with Crippen molar-refractivity contribution in [1.82, 2.24) is 10.1 Å². The van der Waals surface area contributed by atoms with Crippen LogP contribution in [0.4, 0.5) is 17.1 Å². The number of benzene rings is 1. The molecule has 0 fully saturated rings. The monoisotopic (exact) mass is 345 g/mol. The predicted molar refractivity (Wildman–Crippen MR) is 88.0 cm³/mol. The van der Waals surface area contributed by atoms with Crippen molar-refractivity contribution in [3.63, 3.8) is 0 Å². The third-order valence-corrected chi connectivity index (χ3v) is 3.31. The molecule has 0 radical (unpaired) electrons. The van der Waals surface area contributed by atoms with Gasteiger partial charge in [-0.1, -0.05) is 5.16 Å². The van der Waals surface area contributed by atoms with Gasteiger partial charge in [-0.2, -0.15) is 4.98 Å². The van der Waals surface area contributed by atoms with Gasteiger partial charge in [-0.25, -0.2) is 0 Å². The summed E-state index contributed by atoms with van der Waals surface area (Å²) in [6.07, 6.45) is 2.99. The van der Waals surface area contributed by atoms with Crippen LogP contribution < -0.4 is 10.6 Å². The number of aliphatic hydroxyl groups excluding tert-OH is 1. The quantitative estimate of drug-likeness (QED) is 0.414. The molecule has 3 N–H and O–H groups in total. The zero-order chi connectivity index (χ0) is 17.6. The number of rotatable bonds is 8. The number of anilines is 2. The SMILES string of the molecule is O=[N+]([O-])c1ccc(NCCO)c(NCc2noc(-c3ccoc3)n2)c1. The molecular formula is C15H15N5O5. The van der Waals surface area contributed by atoms with Gasteiger partial charge >= 0.3 is 0 Å². The zero-order valence-electron chi connectivity index (χ0n) is 13.0. The van der Waals surface area contributed by atoms with Crippen molar-refractivity contribution < 1.29 is 19.0 Å². The molecule has 1 aromatic carbocycles. The van der Waals surface area contributed by atoms with E-state index < -0.39 is 4.92 Å². The van der Waals surface area contributed by atoms with E-state index in [1.807, 2.05) is 0 Å². The average molecular weight is 345 g/mol. The maximum atomic E-state index is 11.0. The van der Waals surface area contributed by atoms with Gasteiger partial charge in [0, 0.05) is 18.7 Å². The number of aliphatic hydroxyl groups is 1. The molecule has 2 aromatic heterocycles. The number of hydrogen-bond donors (Lipinski definition) is 3. The van der Waals surface area contributed by atoms with E-state index in [-0.39, 0.29) is 18.8 Å². The molecule has 0 unspecified atom stereocenters. The lowest BCUT2D eigenvalue weighted by atomic mass is 10.2. The summed E-state index contributed by atoms with van der Waals surface area (Å²) in [5.74, 6) is 0.707. The van der Waals surface area contributed by atoms with Crippen molar-refractivity contribution in [1.29, 1.82) is 0 Å². The van der Waals surface area contributed by atoms with Gasteiger partial charge in [0.15, 0.2) is 5.82 Å². The zero-order valence-corrected chi connectivity index (χ0v) is 13.0. The Kier molecular flexibility index (Phi) is 4.90. The van der Waals surface area contributed by atoms with Crippen LogP contribution in [-0.2, 0) is 6.54 Å². The minimum Gasteiger partial charge on any atom is -0.472 e. The van der Waals surface area contributed by atoms with E-state index in [1.54, 1.807) is 12.1 Å². The van der Waals surface area contributed by atoms with Crippen molar-refractivity contribution in [3.05, 3.63) is 52.7 Å². The van der Waals surface area contributed by atoms with Crippen molar-refractivity contribution in [2.24, 2.45) is 0 Å². The summed E-state index contributed by atoms with van der Waals surface area (Å²) >= 11 is 0. The fourth-order valence-electron chi connectivity index (χ4n) is 2.14. The van der Waals surface area contributed by atoms with Gasteiger partial charge in [-0.3, -0.25) is 10.1 Å². The van der Waals surface area contributed by atoms with E-state index in [9.17, 15) is 10.1 Å². The molecule has 0 bridgehead atoms. The molecule has 2 heterocycles. The Bertz CT molecular complexity index is 846. The Morgan fingerprint density at radius 2 is 2.12 bits per heavy atom. The molecule has 10 nitrogen and oxygen atoms in total. The second-order valence-electron chi connectivity index (χ2n) is 5.02. The first kappa shape index (κ1) is 16.5. The molecule has 25 heavy (non-hydrogen) atoms. The third-order valence-electron chi connectivity index (χ3n) is 3.31. The Morgan fingerprint density at radius 1 is 1.24 bits per heavy atom. The van der Waals surface area contributed by atoms with Crippen LogP contribution in [0.5, 0.6) is 0 Å². The highest BCUT2D eigenvalue weighted by Crippen LogP contribution is 2.27. The Morgan fingerprint density at radius 3 is 2.84 bits per heavy atom. The first-order chi connectivity index (χ1) is 12.2. The highest BCUT2D eigenvalue weighted by atomic mass is 16.6. The average Bonchev–Trinajstić information content (AvgIpc) is 3.29. The lowest BCUT2D eigenvalue weighted by Crippen LogP contribution is -2.09. The molecule has 0 atom stereocenters. The van der Waals surface area contributed by atoms with E-state index >= 15 is 0 Å². The topological polar surface area (TPSA) is 139 Å². The van der Waals surface area contributed by atoms with E-state index in [1.165, 1.54) is 24.7 Å². The third kappa shape index (κ3) is 3.93. The van der Waals surface area contributed by atoms with E-state index in [0.717, 1.165) is 0 Å². The summed E-state index contributed by atoms with van der Waals surface area (Å²) in [5.41, 5.74) is 1.74. The summed E-state index contributed by atoms with van der Waals surface area (Å²) in [6.45, 7) is 0.463. The smallest absolute Gasteiger partial charge is 0.271 e. The number of non-ortho nitro benzene ring substituents is 1. The Hall–Kier alpha value is -3.40. The normalized spacial score (nSPS) is 10.6. The summed E-state index contributed by atoms with van der Waals surface area (Å²) in [5, 5.41) is 29.8. The molecule has 10 heteroatoms. The van der Waals surface area contributed by atoms with Gasteiger partial charge in [0.1, 0.15) is 6.26 Å². The number of furan rings is 1. The first-order valence-electron chi connectivity index (χ1n) is 7.39. The van der Waals surface area contributed by atoms with Crippen LogP contribution in [-0.4, -0.2) is 33.3 Å². The Labute approximate surface area is 141 Å². The number of nitrogens with one attached hydrogen (secondary N) is 2. The first-order valence-corrected chi connectivity index (χ1v) is 7.39. The molecule has 3 aromatic rings. The van der Waals surface area contributed by atoms with Gasteiger partial charge in [0.2, 0.25) is 0 Å². The fraction of sp³-hybridized carbons (Fsp3) is 0.200. The lowest BCUT2D eigenvalue weighted by Gasteiger charge is -2.12. The van der Waals surface area contributed by atoms with E-state index in [2.05, 4.69) is 20.8 Å². The predicted octanol–water partition coefficient (Wildman–Crippen LogP) is 2.25. The van der Waals surface area contributed by atoms with Gasteiger partial charge in [-0.05, 0) is 12.1 Å². The number of nitrogens with zero attached hydrogens (tertiary/aromatic N) is 3. The number of aromatic nitrogens is 2. The largest absolute Gasteiger partial charge is 0.472 e. The molecule has 3 rings (SSSR count). The van der Waals surface area contributed by atoms with Crippen LogP contribution in [0.2, 0.25) is 0 Å². The highest BCUT2D eigenvalue weighted by molar-refractivity contribution is 5.72. The van der Waals surface area contributed by atoms with Gasteiger partial charge in [0.25, 0.3) is 11.6 Å². The molecule has 0 saturated heterocycles. The van der Waals surface area contributed by atoms with Crippen LogP contribution in [0.3, 0.4) is 0 Å². The van der Waals surface area contributed by atoms with Crippen LogP contribution in [0, 0.1) is 10.1 Å². The number of hydrogen-bond acceptors (Lipinski definition) is 9. The molecular weight excluding hydrogens is 330 g/mol. The van der Waals surface area contributed by atoms with Crippen molar-refractivity contribution in [2.75, 3.05) is 23.8 Å². The van der Waals surface area contributed by atoms with Crippen molar-refractivity contribution in [3.8, 4) is 11.5 Å².